The summed E-state index contributed by atoms with van der Waals surface area (Å²) in [4.78, 5) is 25.3. The Hall–Kier alpha value is -3.95. The normalized spacial score (nSPS) is 19.1. The van der Waals surface area contributed by atoms with Crippen LogP contribution in [-0.4, -0.2) is 55.0 Å². The van der Waals surface area contributed by atoms with Gasteiger partial charge < -0.3 is 16.0 Å². The number of fused-ring (bicyclic) bond motifs is 2. The second-order valence-electron chi connectivity index (χ2n) is 9.80. The molecule has 6 rings (SSSR count). The molecule has 0 aliphatic carbocycles. The van der Waals surface area contributed by atoms with Gasteiger partial charge in [-0.05, 0) is 74.2 Å². The molecule has 1 aromatic carbocycles. The van der Waals surface area contributed by atoms with Crippen LogP contribution in [0.2, 0.25) is 0 Å². The lowest BCUT2D eigenvalue weighted by molar-refractivity contribution is 0.145. The van der Waals surface area contributed by atoms with Crippen molar-refractivity contribution in [2.45, 2.75) is 45.3 Å². The van der Waals surface area contributed by atoms with E-state index in [-0.39, 0.29) is 0 Å². The number of aromatic nitrogens is 5. The summed E-state index contributed by atoms with van der Waals surface area (Å²) < 4.78 is 0. The van der Waals surface area contributed by atoms with Gasteiger partial charge in [-0.3, -0.25) is 4.90 Å². The number of rotatable bonds is 7. The van der Waals surface area contributed by atoms with Gasteiger partial charge in [-0.25, -0.2) is 19.9 Å². The predicted molar refractivity (Wildman–Crippen MR) is 145 cm³/mol. The van der Waals surface area contributed by atoms with Gasteiger partial charge in [-0.1, -0.05) is 12.1 Å². The molecule has 37 heavy (non-hydrogen) atoms. The zero-order valence-corrected chi connectivity index (χ0v) is 21.1. The van der Waals surface area contributed by atoms with Crippen LogP contribution in [0.4, 0.5) is 23.3 Å². The Labute approximate surface area is 216 Å². The number of hydrogen-bond donors (Lipinski definition) is 3. The highest BCUT2D eigenvalue weighted by atomic mass is 15.3. The molecule has 5 heterocycles. The minimum atomic E-state index is 0.525. The van der Waals surface area contributed by atoms with Gasteiger partial charge in [-0.2, -0.15) is 4.98 Å². The highest BCUT2D eigenvalue weighted by Gasteiger charge is 2.36. The van der Waals surface area contributed by atoms with E-state index >= 15 is 0 Å². The molecule has 0 saturated carbocycles. The van der Waals surface area contributed by atoms with Crippen molar-refractivity contribution in [3.05, 3.63) is 77.7 Å². The van der Waals surface area contributed by atoms with Gasteiger partial charge >= 0.3 is 0 Å². The first-order valence-electron chi connectivity index (χ1n) is 12.8. The maximum absolute atomic E-state index is 4.65. The van der Waals surface area contributed by atoms with E-state index in [9.17, 15) is 0 Å². The molecular formula is C28H31N9. The monoisotopic (exact) mass is 493 g/mol. The predicted octanol–water partition coefficient (Wildman–Crippen LogP) is 4.37. The number of anilines is 4. The molecule has 9 heteroatoms. The van der Waals surface area contributed by atoms with Crippen LogP contribution >= 0.6 is 0 Å². The fourth-order valence-electron chi connectivity index (χ4n) is 5.21. The van der Waals surface area contributed by atoms with Gasteiger partial charge in [0.1, 0.15) is 17.3 Å². The summed E-state index contributed by atoms with van der Waals surface area (Å²) in [6, 6.07) is 17.2. The van der Waals surface area contributed by atoms with E-state index in [1.807, 2.05) is 37.3 Å². The molecule has 9 nitrogen and oxygen atoms in total. The Morgan fingerprint density at radius 1 is 0.865 bits per heavy atom. The number of piperazine rings is 1. The van der Waals surface area contributed by atoms with Crippen LogP contribution in [-0.2, 0) is 6.54 Å². The zero-order chi connectivity index (χ0) is 25.2. The van der Waals surface area contributed by atoms with Crippen molar-refractivity contribution in [1.82, 2.24) is 35.1 Å². The third-order valence-electron chi connectivity index (χ3n) is 7.17. The van der Waals surface area contributed by atoms with E-state index in [1.165, 1.54) is 24.0 Å². The molecule has 4 aromatic rings. The Balaban J connectivity index is 1.16. The summed E-state index contributed by atoms with van der Waals surface area (Å²) in [5.74, 6) is 2.37. The van der Waals surface area contributed by atoms with Crippen LogP contribution in [0.25, 0.3) is 11.5 Å². The van der Waals surface area contributed by atoms with Crippen molar-refractivity contribution in [2.75, 3.05) is 23.7 Å². The molecule has 188 valence electrons. The Bertz CT molecular complexity index is 1390. The summed E-state index contributed by atoms with van der Waals surface area (Å²) in [7, 11) is 0. The van der Waals surface area contributed by atoms with Gasteiger partial charge in [0.15, 0.2) is 5.82 Å². The largest absolute Gasteiger partial charge is 0.325 e. The number of benzene rings is 1. The number of nitrogens with zero attached hydrogens (tertiary/aromatic N) is 6. The quantitative estimate of drug-likeness (QED) is 0.346. The van der Waals surface area contributed by atoms with Crippen LogP contribution in [0.1, 0.15) is 29.7 Å². The molecule has 2 aliphatic rings. The van der Waals surface area contributed by atoms with Crippen LogP contribution in [0.15, 0.2) is 60.9 Å². The number of hydrogen-bond acceptors (Lipinski definition) is 9. The molecule has 0 spiro atoms. The van der Waals surface area contributed by atoms with Gasteiger partial charge in [0.25, 0.3) is 0 Å². The highest BCUT2D eigenvalue weighted by molar-refractivity contribution is 5.60. The number of pyridine rings is 1. The topological polar surface area (TPSA) is 104 Å². The minimum Gasteiger partial charge on any atom is -0.325 e. The maximum atomic E-state index is 4.65. The van der Waals surface area contributed by atoms with Gasteiger partial charge in [0.05, 0.1) is 0 Å². The summed E-state index contributed by atoms with van der Waals surface area (Å²) in [6.07, 6.45) is 6.03. The van der Waals surface area contributed by atoms with Crippen molar-refractivity contribution in [3.8, 4) is 11.5 Å². The molecule has 2 atom stereocenters. The first kappa shape index (κ1) is 23.4. The van der Waals surface area contributed by atoms with Crippen LogP contribution < -0.4 is 16.0 Å². The van der Waals surface area contributed by atoms with Crippen LogP contribution in [0, 0.1) is 13.8 Å². The highest BCUT2D eigenvalue weighted by Crippen LogP contribution is 2.30. The summed E-state index contributed by atoms with van der Waals surface area (Å²) in [6.45, 7) is 7.30. The second kappa shape index (κ2) is 10.2. The molecular weight excluding hydrogens is 462 g/mol. The van der Waals surface area contributed by atoms with E-state index < -0.39 is 0 Å². The van der Waals surface area contributed by atoms with E-state index in [1.54, 1.807) is 12.4 Å². The van der Waals surface area contributed by atoms with Crippen molar-refractivity contribution >= 4 is 23.3 Å². The van der Waals surface area contributed by atoms with Crippen molar-refractivity contribution in [3.63, 3.8) is 0 Å². The summed E-state index contributed by atoms with van der Waals surface area (Å²) >= 11 is 0. The molecule has 0 radical (unpaired) electrons. The molecule has 2 bridgehead atoms. The lowest BCUT2D eigenvalue weighted by Crippen LogP contribution is -2.51. The number of aryl methyl sites for hydroxylation is 2. The van der Waals surface area contributed by atoms with Crippen LogP contribution in [0.5, 0.6) is 0 Å². The molecule has 0 amide bonds. The average Bonchev–Trinajstić information content (AvgIpc) is 3.11. The minimum absolute atomic E-state index is 0.525. The average molecular weight is 494 g/mol. The molecule has 2 aliphatic heterocycles. The molecule has 3 N–H and O–H groups in total. The maximum Gasteiger partial charge on any atom is 0.229 e. The number of nitrogens with one attached hydrogen (secondary N) is 3. The standard InChI is InChI=1S/C28H31N9/c1-18-6-7-21(14-20(18)17-37-22-8-9-23(37)16-29-15-22)33-28-31-13-11-26(36-28)34-25-10-12-30-27(35-25)24-5-3-4-19(2)32-24/h3-7,10-14,22-23,29H,8-9,15-17H2,1-2H3,(H2,30,31,33,34,35,36). The van der Waals surface area contributed by atoms with Crippen molar-refractivity contribution < 1.29 is 0 Å². The van der Waals surface area contributed by atoms with Crippen molar-refractivity contribution in [2.24, 2.45) is 0 Å². The molecule has 2 fully saturated rings. The third kappa shape index (κ3) is 5.28. The Morgan fingerprint density at radius 3 is 2.46 bits per heavy atom. The van der Waals surface area contributed by atoms with Crippen LogP contribution in [0.3, 0.4) is 0 Å². The fourth-order valence-corrected chi connectivity index (χ4v) is 5.21. The Morgan fingerprint density at radius 2 is 1.65 bits per heavy atom. The lowest BCUT2D eigenvalue weighted by atomic mass is 10.1. The fraction of sp³-hybridized carbons (Fsp3) is 0.321. The first-order chi connectivity index (χ1) is 18.1. The molecule has 2 saturated heterocycles. The second-order valence-corrected chi connectivity index (χ2v) is 9.80. The van der Waals surface area contributed by atoms with E-state index in [2.05, 4.69) is 70.9 Å². The van der Waals surface area contributed by atoms with E-state index in [0.717, 1.165) is 36.7 Å². The SMILES string of the molecule is Cc1cccc(-c2nccc(Nc3ccnc(Nc4ccc(C)c(CN5C6CCC5CNC6)c4)n3)n2)n1. The Kier molecular flexibility index (Phi) is 6.46. The summed E-state index contributed by atoms with van der Waals surface area (Å²) in [5, 5.41) is 10.2. The smallest absolute Gasteiger partial charge is 0.229 e. The molecule has 3 aromatic heterocycles. The summed E-state index contributed by atoms with van der Waals surface area (Å²) in [5.41, 5.74) is 5.29. The van der Waals surface area contributed by atoms with Gasteiger partial charge in [-0.15, -0.1) is 0 Å². The molecule has 2 unspecified atom stereocenters. The van der Waals surface area contributed by atoms with E-state index in [4.69, 9.17) is 0 Å². The lowest BCUT2D eigenvalue weighted by Gasteiger charge is -2.35. The van der Waals surface area contributed by atoms with Gasteiger partial charge in [0, 0.05) is 55.5 Å². The van der Waals surface area contributed by atoms with Crippen molar-refractivity contribution in [1.29, 1.82) is 0 Å². The zero-order valence-electron chi connectivity index (χ0n) is 21.1. The third-order valence-corrected chi connectivity index (χ3v) is 7.17. The first-order valence-corrected chi connectivity index (χ1v) is 12.8. The van der Waals surface area contributed by atoms with E-state index in [0.29, 0.717) is 35.5 Å². The van der Waals surface area contributed by atoms with Gasteiger partial charge in [0.2, 0.25) is 5.95 Å².